The molecule has 19 heavy (non-hydrogen) atoms. The number of carbonyl (C=O) groups excluding carboxylic acids is 1. The van der Waals surface area contributed by atoms with E-state index in [0.29, 0.717) is 5.56 Å². The lowest BCUT2D eigenvalue weighted by atomic mass is 10.2. The van der Waals surface area contributed by atoms with Crippen molar-refractivity contribution < 1.29 is 9.18 Å². The minimum atomic E-state index is -0.397. The maximum Gasteiger partial charge on any atom is 0.247 e. The number of likely N-dealkylation sites (N-methyl/N-ethyl adjacent to an activating group) is 1. The highest BCUT2D eigenvalue weighted by Gasteiger charge is 2.20. The van der Waals surface area contributed by atoms with E-state index in [9.17, 15) is 9.18 Å². The number of hydrogen-bond acceptors (Lipinski definition) is 2. The number of nitrogens with zero attached hydrogens (tertiary/aromatic N) is 3. The lowest BCUT2D eigenvalue weighted by Gasteiger charge is -2.21. The third-order valence-corrected chi connectivity index (χ3v) is 3.02. The molecule has 1 heterocycles. The number of carbonyl (C=O) groups is 1. The average Bonchev–Trinajstić information content (AvgIpc) is 2.93. The molecule has 100 valence electrons. The molecule has 2 aromatic rings. The number of rotatable bonds is 4. The Labute approximate surface area is 111 Å². The van der Waals surface area contributed by atoms with Crippen LogP contribution in [0.5, 0.6) is 0 Å². The lowest BCUT2D eigenvalue weighted by molar-refractivity contribution is -0.133. The van der Waals surface area contributed by atoms with Crippen molar-refractivity contribution in [3.8, 4) is 0 Å². The van der Waals surface area contributed by atoms with Gasteiger partial charge in [0.1, 0.15) is 11.9 Å². The number of hydrogen-bond donors (Lipinski definition) is 0. The monoisotopic (exact) mass is 261 g/mol. The fourth-order valence-electron chi connectivity index (χ4n) is 1.90. The second-order valence-corrected chi connectivity index (χ2v) is 4.45. The van der Waals surface area contributed by atoms with Gasteiger partial charge >= 0.3 is 0 Å². The van der Waals surface area contributed by atoms with Gasteiger partial charge in [0.05, 0.1) is 0 Å². The average molecular weight is 261 g/mol. The highest BCUT2D eigenvalue weighted by molar-refractivity contribution is 5.79. The van der Waals surface area contributed by atoms with Crippen LogP contribution in [0.25, 0.3) is 0 Å². The quantitative estimate of drug-likeness (QED) is 0.846. The first kappa shape index (κ1) is 13.3. The molecule has 0 fully saturated rings. The third kappa shape index (κ3) is 2.99. The minimum absolute atomic E-state index is 0.105. The summed E-state index contributed by atoms with van der Waals surface area (Å²) in [6, 6.07) is 7.83. The third-order valence-electron chi connectivity index (χ3n) is 3.02. The highest BCUT2D eigenvalue weighted by Crippen LogP contribution is 2.13. The van der Waals surface area contributed by atoms with E-state index in [2.05, 4.69) is 5.10 Å². The van der Waals surface area contributed by atoms with Gasteiger partial charge in [-0.2, -0.15) is 5.10 Å². The zero-order valence-corrected chi connectivity index (χ0v) is 11.0. The van der Waals surface area contributed by atoms with E-state index in [4.69, 9.17) is 0 Å². The number of aromatic nitrogens is 2. The summed E-state index contributed by atoms with van der Waals surface area (Å²) in [4.78, 5) is 13.7. The number of amides is 1. The summed E-state index contributed by atoms with van der Waals surface area (Å²) in [7, 11) is 1.66. The molecule has 1 atom stereocenters. The van der Waals surface area contributed by atoms with Crippen molar-refractivity contribution in [3.63, 3.8) is 0 Å². The predicted molar refractivity (Wildman–Crippen MR) is 69.8 cm³/mol. The van der Waals surface area contributed by atoms with Crippen molar-refractivity contribution in [2.75, 3.05) is 7.05 Å². The first-order chi connectivity index (χ1) is 9.09. The van der Waals surface area contributed by atoms with Crippen LogP contribution < -0.4 is 0 Å². The standard InChI is InChI=1S/C14H16FN3O/c1-11(18-9-5-8-16-18)14(19)17(2)10-12-6-3-4-7-13(12)15/h3-9,11H,10H2,1-2H3. The lowest BCUT2D eigenvalue weighted by Crippen LogP contribution is -2.33. The fraction of sp³-hybridized carbons (Fsp3) is 0.286. The normalized spacial score (nSPS) is 12.2. The van der Waals surface area contributed by atoms with Gasteiger partial charge in [0.15, 0.2) is 0 Å². The summed E-state index contributed by atoms with van der Waals surface area (Å²) in [6.45, 7) is 2.02. The Morgan fingerprint density at radius 2 is 2.16 bits per heavy atom. The molecule has 0 saturated heterocycles. The van der Waals surface area contributed by atoms with Crippen LogP contribution in [0.1, 0.15) is 18.5 Å². The number of benzene rings is 1. The van der Waals surface area contributed by atoms with Crippen LogP contribution in [-0.4, -0.2) is 27.6 Å². The zero-order valence-electron chi connectivity index (χ0n) is 11.0. The summed E-state index contributed by atoms with van der Waals surface area (Å²) in [5, 5.41) is 4.04. The van der Waals surface area contributed by atoms with E-state index in [-0.39, 0.29) is 18.3 Å². The Bertz CT molecular complexity index is 554. The van der Waals surface area contributed by atoms with Crippen LogP contribution >= 0.6 is 0 Å². The molecule has 0 saturated carbocycles. The fourth-order valence-corrected chi connectivity index (χ4v) is 1.90. The predicted octanol–water partition coefficient (Wildman–Crippen LogP) is 2.24. The van der Waals surface area contributed by atoms with Gasteiger partial charge in [-0.25, -0.2) is 4.39 Å². The van der Waals surface area contributed by atoms with Crippen LogP contribution in [0, 0.1) is 5.82 Å². The Balaban J connectivity index is 2.06. The summed E-state index contributed by atoms with van der Waals surface area (Å²) >= 11 is 0. The van der Waals surface area contributed by atoms with E-state index >= 15 is 0 Å². The van der Waals surface area contributed by atoms with Gasteiger partial charge in [-0.05, 0) is 19.1 Å². The van der Waals surface area contributed by atoms with Crippen molar-refractivity contribution in [3.05, 3.63) is 54.1 Å². The van der Waals surface area contributed by atoms with Crippen molar-refractivity contribution in [1.29, 1.82) is 0 Å². The molecule has 0 aliphatic carbocycles. The summed E-state index contributed by atoms with van der Waals surface area (Å²) in [6.07, 6.45) is 3.36. The summed E-state index contributed by atoms with van der Waals surface area (Å²) in [5.74, 6) is -0.402. The second-order valence-electron chi connectivity index (χ2n) is 4.45. The topological polar surface area (TPSA) is 38.1 Å². The zero-order chi connectivity index (χ0) is 13.8. The van der Waals surface area contributed by atoms with Crippen LogP contribution in [0.15, 0.2) is 42.7 Å². The van der Waals surface area contributed by atoms with Gasteiger partial charge in [0, 0.05) is 31.5 Å². The summed E-state index contributed by atoms with van der Waals surface area (Å²) < 4.78 is 15.1. The van der Waals surface area contributed by atoms with Gasteiger partial charge in [-0.15, -0.1) is 0 Å². The first-order valence-corrected chi connectivity index (χ1v) is 6.07. The van der Waals surface area contributed by atoms with E-state index in [1.807, 2.05) is 0 Å². The van der Waals surface area contributed by atoms with Gasteiger partial charge in [0.25, 0.3) is 0 Å². The Morgan fingerprint density at radius 3 is 2.79 bits per heavy atom. The highest BCUT2D eigenvalue weighted by atomic mass is 19.1. The molecule has 0 aliphatic rings. The molecular weight excluding hydrogens is 245 g/mol. The molecule has 0 spiro atoms. The molecule has 0 bridgehead atoms. The molecular formula is C14H16FN3O. The largest absolute Gasteiger partial charge is 0.339 e. The molecule has 1 amide bonds. The number of halogens is 1. The molecule has 1 aromatic heterocycles. The molecule has 1 aromatic carbocycles. The SMILES string of the molecule is CC(C(=O)N(C)Cc1ccccc1F)n1cccn1. The maximum absolute atomic E-state index is 13.5. The van der Waals surface area contributed by atoms with Crippen LogP contribution in [0.4, 0.5) is 4.39 Å². The maximum atomic E-state index is 13.5. The van der Waals surface area contributed by atoms with Crippen molar-refractivity contribution in [2.24, 2.45) is 0 Å². The van der Waals surface area contributed by atoms with Gasteiger partial charge in [0.2, 0.25) is 5.91 Å². The van der Waals surface area contributed by atoms with E-state index in [1.165, 1.54) is 11.0 Å². The smallest absolute Gasteiger partial charge is 0.247 e. The second kappa shape index (κ2) is 5.65. The Hall–Kier alpha value is -2.17. The van der Waals surface area contributed by atoms with Gasteiger partial charge in [-0.1, -0.05) is 18.2 Å². The molecule has 4 nitrogen and oxygen atoms in total. The molecule has 2 rings (SSSR count). The Kier molecular flexibility index (Phi) is 3.94. The van der Waals surface area contributed by atoms with Crippen molar-refractivity contribution in [2.45, 2.75) is 19.5 Å². The first-order valence-electron chi connectivity index (χ1n) is 6.07. The molecule has 0 N–H and O–H groups in total. The van der Waals surface area contributed by atoms with Crippen LogP contribution in [0.2, 0.25) is 0 Å². The van der Waals surface area contributed by atoms with E-state index < -0.39 is 6.04 Å². The van der Waals surface area contributed by atoms with Crippen molar-refractivity contribution >= 4 is 5.91 Å². The van der Waals surface area contributed by atoms with Gasteiger partial charge < -0.3 is 4.90 Å². The molecule has 5 heteroatoms. The van der Waals surface area contributed by atoms with Crippen molar-refractivity contribution in [1.82, 2.24) is 14.7 Å². The molecule has 0 radical (unpaired) electrons. The van der Waals surface area contributed by atoms with E-state index in [0.717, 1.165) is 0 Å². The van der Waals surface area contributed by atoms with Gasteiger partial charge in [-0.3, -0.25) is 9.48 Å². The Morgan fingerprint density at radius 1 is 1.42 bits per heavy atom. The van der Waals surface area contributed by atoms with Crippen LogP contribution in [0.3, 0.4) is 0 Å². The van der Waals surface area contributed by atoms with Crippen LogP contribution in [-0.2, 0) is 11.3 Å². The van der Waals surface area contributed by atoms with E-state index in [1.54, 1.807) is 55.3 Å². The molecule has 1 unspecified atom stereocenters. The molecule has 0 aliphatic heterocycles. The summed E-state index contributed by atoms with van der Waals surface area (Å²) in [5.41, 5.74) is 0.506. The minimum Gasteiger partial charge on any atom is -0.339 e.